The SMILES string of the molecule is C=CCOC(=O)CC(=O)CNC(=O)NCc1c(F)cccc1C(F)(F)F. The molecular weight excluding hydrogens is 360 g/mol. The van der Waals surface area contributed by atoms with Gasteiger partial charge in [-0.25, -0.2) is 9.18 Å². The molecule has 6 nitrogen and oxygen atoms in total. The molecule has 0 aliphatic carbocycles. The number of ketones is 1. The van der Waals surface area contributed by atoms with Crippen LogP contribution in [0.3, 0.4) is 0 Å². The normalized spacial score (nSPS) is 10.8. The first-order valence-electron chi connectivity index (χ1n) is 7.29. The van der Waals surface area contributed by atoms with Crippen molar-refractivity contribution in [3.63, 3.8) is 0 Å². The number of Topliss-reactive ketones (excluding diaryl/α,β-unsaturated/α-hetero) is 1. The Morgan fingerprint density at radius 2 is 1.88 bits per heavy atom. The van der Waals surface area contributed by atoms with E-state index >= 15 is 0 Å². The maximum absolute atomic E-state index is 13.6. The lowest BCUT2D eigenvalue weighted by Gasteiger charge is -2.14. The molecule has 2 N–H and O–H groups in total. The molecular formula is C16H16F4N2O4. The van der Waals surface area contributed by atoms with E-state index in [0.717, 1.165) is 12.1 Å². The molecule has 2 amide bonds. The van der Waals surface area contributed by atoms with Crippen LogP contribution < -0.4 is 10.6 Å². The molecule has 1 aromatic rings. The number of halogens is 4. The van der Waals surface area contributed by atoms with Crippen molar-refractivity contribution < 1.29 is 36.7 Å². The van der Waals surface area contributed by atoms with Crippen LogP contribution in [0.5, 0.6) is 0 Å². The summed E-state index contributed by atoms with van der Waals surface area (Å²) in [6, 6.07) is 1.44. The van der Waals surface area contributed by atoms with Gasteiger partial charge in [0.15, 0.2) is 5.78 Å². The molecule has 0 spiro atoms. The summed E-state index contributed by atoms with van der Waals surface area (Å²) in [6.45, 7) is 1.98. The van der Waals surface area contributed by atoms with Gasteiger partial charge >= 0.3 is 18.2 Å². The summed E-state index contributed by atoms with van der Waals surface area (Å²) in [5, 5.41) is 4.08. The molecule has 0 saturated heterocycles. The Hall–Kier alpha value is -2.91. The second-order valence-electron chi connectivity index (χ2n) is 4.99. The van der Waals surface area contributed by atoms with Gasteiger partial charge < -0.3 is 15.4 Å². The molecule has 0 saturated carbocycles. The van der Waals surface area contributed by atoms with Crippen LogP contribution >= 0.6 is 0 Å². The Bertz CT molecular complexity index is 689. The van der Waals surface area contributed by atoms with Crippen molar-refractivity contribution in [1.29, 1.82) is 0 Å². The largest absolute Gasteiger partial charge is 0.461 e. The molecule has 0 heterocycles. The molecule has 142 valence electrons. The van der Waals surface area contributed by atoms with Crippen molar-refractivity contribution in [3.05, 3.63) is 47.8 Å². The zero-order valence-electron chi connectivity index (χ0n) is 13.5. The molecule has 0 fully saturated rings. The van der Waals surface area contributed by atoms with E-state index in [-0.39, 0.29) is 6.61 Å². The van der Waals surface area contributed by atoms with Crippen molar-refractivity contribution >= 4 is 17.8 Å². The second kappa shape index (κ2) is 9.54. The van der Waals surface area contributed by atoms with E-state index < -0.39 is 60.4 Å². The second-order valence-corrected chi connectivity index (χ2v) is 4.99. The number of urea groups is 1. The summed E-state index contributed by atoms with van der Waals surface area (Å²) in [6.07, 6.45) is -4.05. The van der Waals surface area contributed by atoms with E-state index in [2.05, 4.69) is 16.6 Å². The Kier molecular flexibility index (Phi) is 7.76. The van der Waals surface area contributed by atoms with Gasteiger partial charge in [0.1, 0.15) is 18.8 Å². The quantitative estimate of drug-likeness (QED) is 0.316. The van der Waals surface area contributed by atoms with Crippen LogP contribution in [0.25, 0.3) is 0 Å². The number of carbonyl (C=O) groups is 3. The Morgan fingerprint density at radius 1 is 1.19 bits per heavy atom. The zero-order valence-corrected chi connectivity index (χ0v) is 13.5. The number of hydrogen-bond donors (Lipinski definition) is 2. The predicted molar refractivity (Wildman–Crippen MR) is 82.4 cm³/mol. The smallest absolute Gasteiger partial charge is 0.416 e. The summed E-state index contributed by atoms with van der Waals surface area (Å²) < 4.78 is 56.7. The van der Waals surface area contributed by atoms with Gasteiger partial charge in [-0.05, 0) is 12.1 Å². The van der Waals surface area contributed by atoms with E-state index in [9.17, 15) is 31.9 Å². The first-order valence-corrected chi connectivity index (χ1v) is 7.29. The first-order chi connectivity index (χ1) is 12.1. The summed E-state index contributed by atoms with van der Waals surface area (Å²) in [7, 11) is 0. The number of benzene rings is 1. The minimum absolute atomic E-state index is 0.0653. The fourth-order valence-electron chi connectivity index (χ4n) is 1.84. The Labute approximate surface area is 146 Å². The Balaban J connectivity index is 2.52. The maximum Gasteiger partial charge on any atom is 0.416 e. The molecule has 0 aromatic heterocycles. The van der Waals surface area contributed by atoms with Gasteiger partial charge in [0.2, 0.25) is 0 Å². The molecule has 0 unspecified atom stereocenters. The van der Waals surface area contributed by atoms with Gasteiger partial charge in [0, 0.05) is 12.1 Å². The van der Waals surface area contributed by atoms with Crippen LogP contribution in [0.1, 0.15) is 17.5 Å². The van der Waals surface area contributed by atoms with Crippen molar-refractivity contribution in [1.82, 2.24) is 10.6 Å². The van der Waals surface area contributed by atoms with Gasteiger partial charge in [-0.15, -0.1) is 0 Å². The minimum Gasteiger partial charge on any atom is -0.461 e. The van der Waals surface area contributed by atoms with E-state index in [1.165, 1.54) is 6.08 Å². The van der Waals surface area contributed by atoms with Gasteiger partial charge in [-0.1, -0.05) is 18.7 Å². The van der Waals surface area contributed by atoms with E-state index in [1.807, 2.05) is 5.32 Å². The van der Waals surface area contributed by atoms with Gasteiger partial charge in [-0.3, -0.25) is 9.59 Å². The van der Waals surface area contributed by atoms with Crippen LogP contribution in [0, 0.1) is 5.82 Å². The van der Waals surface area contributed by atoms with Gasteiger partial charge in [0.25, 0.3) is 0 Å². The standard InChI is InChI=1S/C16H16F4N2O4/c1-2-6-26-14(24)7-10(23)8-21-15(25)22-9-11-12(16(18,19)20)4-3-5-13(11)17/h2-5H,1,6-9H2,(H2,21,22,25). The summed E-state index contributed by atoms with van der Waals surface area (Å²) >= 11 is 0. The lowest BCUT2D eigenvalue weighted by molar-refractivity contribution is -0.144. The van der Waals surface area contributed by atoms with Crippen molar-refractivity contribution in [3.8, 4) is 0 Å². The molecule has 1 aromatic carbocycles. The van der Waals surface area contributed by atoms with Crippen LogP contribution in [-0.4, -0.2) is 30.9 Å². The van der Waals surface area contributed by atoms with Crippen LogP contribution in [0.2, 0.25) is 0 Å². The molecule has 0 radical (unpaired) electrons. The third kappa shape index (κ3) is 6.91. The summed E-state index contributed by atoms with van der Waals surface area (Å²) in [5.41, 5.74) is -1.94. The number of ether oxygens (including phenoxy) is 1. The monoisotopic (exact) mass is 376 g/mol. The lowest BCUT2D eigenvalue weighted by Crippen LogP contribution is -2.39. The van der Waals surface area contributed by atoms with E-state index in [4.69, 9.17) is 0 Å². The van der Waals surface area contributed by atoms with Crippen molar-refractivity contribution in [2.75, 3.05) is 13.2 Å². The number of carbonyl (C=O) groups excluding carboxylic acids is 3. The number of alkyl halides is 3. The average Bonchev–Trinajstić information content (AvgIpc) is 2.56. The molecule has 0 aliphatic heterocycles. The van der Waals surface area contributed by atoms with Crippen molar-refractivity contribution in [2.45, 2.75) is 19.1 Å². The molecule has 0 bridgehead atoms. The third-order valence-electron chi connectivity index (χ3n) is 3.00. The van der Waals surface area contributed by atoms with Crippen LogP contribution in [0.15, 0.2) is 30.9 Å². The van der Waals surface area contributed by atoms with Crippen LogP contribution in [0.4, 0.5) is 22.4 Å². The van der Waals surface area contributed by atoms with Gasteiger partial charge in [0.05, 0.1) is 12.1 Å². The zero-order chi connectivity index (χ0) is 19.7. The number of amides is 2. The highest BCUT2D eigenvalue weighted by molar-refractivity contribution is 5.97. The topological polar surface area (TPSA) is 84.5 Å². The third-order valence-corrected chi connectivity index (χ3v) is 3.00. The Morgan fingerprint density at radius 3 is 2.50 bits per heavy atom. The predicted octanol–water partition coefficient (Wildman–Crippen LogP) is 2.33. The highest BCUT2D eigenvalue weighted by atomic mass is 19.4. The number of hydrogen-bond acceptors (Lipinski definition) is 4. The summed E-state index contributed by atoms with van der Waals surface area (Å²) in [5.74, 6) is -2.60. The first kappa shape index (κ1) is 21.1. The highest BCUT2D eigenvalue weighted by Crippen LogP contribution is 2.32. The molecule has 0 atom stereocenters. The highest BCUT2D eigenvalue weighted by Gasteiger charge is 2.34. The molecule has 0 aliphatic rings. The van der Waals surface area contributed by atoms with Crippen LogP contribution in [-0.2, 0) is 27.0 Å². The molecule has 10 heteroatoms. The van der Waals surface area contributed by atoms with E-state index in [1.54, 1.807) is 0 Å². The average molecular weight is 376 g/mol. The minimum atomic E-state index is -4.78. The molecule has 26 heavy (non-hydrogen) atoms. The number of esters is 1. The van der Waals surface area contributed by atoms with Gasteiger partial charge in [-0.2, -0.15) is 13.2 Å². The molecule has 1 rings (SSSR count). The fraction of sp³-hybridized carbons (Fsp3) is 0.312. The maximum atomic E-state index is 13.6. The number of rotatable bonds is 8. The number of nitrogens with one attached hydrogen (secondary N) is 2. The fourth-order valence-corrected chi connectivity index (χ4v) is 1.84. The lowest BCUT2D eigenvalue weighted by atomic mass is 10.1. The van der Waals surface area contributed by atoms with E-state index in [0.29, 0.717) is 6.07 Å². The van der Waals surface area contributed by atoms with Crippen molar-refractivity contribution in [2.24, 2.45) is 0 Å². The summed E-state index contributed by atoms with van der Waals surface area (Å²) in [4.78, 5) is 34.2.